The molecule has 0 saturated heterocycles. The second-order valence-corrected chi connectivity index (χ2v) is 9.41. The van der Waals surface area contributed by atoms with E-state index in [1.807, 2.05) is 47.8 Å². The second-order valence-electron chi connectivity index (χ2n) is 6.87. The summed E-state index contributed by atoms with van der Waals surface area (Å²) in [6.45, 7) is 0. The molecular weight excluding hydrogens is 458 g/mol. The molecule has 0 radical (unpaired) electrons. The molecule has 0 fully saturated rings. The predicted octanol–water partition coefficient (Wildman–Crippen LogP) is 4.30. The lowest BCUT2D eigenvalue weighted by Crippen LogP contribution is -2.34. The number of amides is 2. The first kappa shape index (κ1) is 22.0. The molecular formula is C23H17N5O3S2. The molecule has 33 heavy (non-hydrogen) atoms. The molecule has 8 nitrogen and oxygen atoms in total. The van der Waals surface area contributed by atoms with E-state index in [0.717, 1.165) is 22.0 Å². The molecule has 10 heteroatoms. The van der Waals surface area contributed by atoms with Crippen LogP contribution in [0.3, 0.4) is 0 Å². The number of benzene rings is 3. The molecule has 1 heterocycles. The molecule has 0 saturated carbocycles. The van der Waals surface area contributed by atoms with Gasteiger partial charge in [0.1, 0.15) is 16.6 Å². The Morgan fingerprint density at radius 1 is 1.06 bits per heavy atom. The normalized spacial score (nSPS) is 11.7. The maximum absolute atomic E-state index is 12.0. The van der Waals surface area contributed by atoms with Gasteiger partial charge in [0.25, 0.3) is 10.0 Å². The number of thiazole rings is 1. The summed E-state index contributed by atoms with van der Waals surface area (Å²) in [6, 6.07) is 20.7. The molecule has 164 valence electrons. The van der Waals surface area contributed by atoms with Gasteiger partial charge in [-0.25, -0.2) is 22.9 Å². The summed E-state index contributed by atoms with van der Waals surface area (Å²) in [7, 11) is -4.02. The predicted molar refractivity (Wildman–Crippen MR) is 129 cm³/mol. The summed E-state index contributed by atoms with van der Waals surface area (Å²) in [6.07, 6.45) is 1.51. The number of urea groups is 1. The number of hydrogen-bond acceptors (Lipinski definition) is 7. The van der Waals surface area contributed by atoms with Gasteiger partial charge < -0.3 is 11.1 Å². The van der Waals surface area contributed by atoms with Crippen molar-refractivity contribution in [2.45, 2.75) is 4.90 Å². The van der Waals surface area contributed by atoms with Gasteiger partial charge in [-0.05, 0) is 35.0 Å². The molecule has 0 atom stereocenters. The Bertz CT molecular complexity index is 1510. The molecule has 0 bridgehead atoms. The van der Waals surface area contributed by atoms with Crippen LogP contribution in [-0.2, 0) is 10.0 Å². The van der Waals surface area contributed by atoms with Gasteiger partial charge in [0.15, 0.2) is 0 Å². The van der Waals surface area contributed by atoms with Crippen molar-refractivity contribution in [3.8, 4) is 17.3 Å². The molecule has 4 N–H and O–H groups in total. The van der Waals surface area contributed by atoms with Gasteiger partial charge in [-0.15, -0.1) is 11.3 Å². The number of nitrogens with one attached hydrogen (secondary N) is 2. The number of rotatable bonds is 6. The molecule has 0 aliphatic heterocycles. The van der Waals surface area contributed by atoms with Gasteiger partial charge in [-0.3, -0.25) is 0 Å². The van der Waals surface area contributed by atoms with Crippen molar-refractivity contribution in [1.29, 1.82) is 5.26 Å². The highest BCUT2D eigenvalue weighted by atomic mass is 32.2. The number of aromatic nitrogens is 1. The number of sulfonamides is 1. The van der Waals surface area contributed by atoms with E-state index in [1.54, 1.807) is 4.72 Å². The maximum atomic E-state index is 12.0. The van der Waals surface area contributed by atoms with Gasteiger partial charge in [0.05, 0.1) is 10.6 Å². The Labute approximate surface area is 194 Å². The Morgan fingerprint density at radius 3 is 2.52 bits per heavy atom. The zero-order chi connectivity index (χ0) is 23.4. The van der Waals surface area contributed by atoms with Crippen LogP contribution in [0.25, 0.3) is 27.6 Å². The van der Waals surface area contributed by atoms with Crippen LogP contribution in [0.5, 0.6) is 0 Å². The average molecular weight is 476 g/mol. The lowest BCUT2D eigenvalue weighted by atomic mass is 10.0. The van der Waals surface area contributed by atoms with E-state index in [-0.39, 0.29) is 4.90 Å². The van der Waals surface area contributed by atoms with Gasteiger partial charge >= 0.3 is 6.03 Å². The number of fused-ring (bicyclic) bond motifs is 1. The van der Waals surface area contributed by atoms with Crippen molar-refractivity contribution in [1.82, 2.24) is 9.71 Å². The summed E-state index contributed by atoms with van der Waals surface area (Å²) < 4.78 is 25.6. The van der Waals surface area contributed by atoms with Gasteiger partial charge in [-0.1, -0.05) is 42.5 Å². The Morgan fingerprint density at radius 2 is 1.79 bits per heavy atom. The van der Waals surface area contributed by atoms with Crippen molar-refractivity contribution >= 4 is 49.4 Å². The molecule has 4 rings (SSSR count). The van der Waals surface area contributed by atoms with Crippen molar-refractivity contribution < 1.29 is 13.2 Å². The highest BCUT2D eigenvalue weighted by Crippen LogP contribution is 2.31. The topological polar surface area (TPSA) is 138 Å². The van der Waals surface area contributed by atoms with Gasteiger partial charge in [0, 0.05) is 22.8 Å². The zero-order valence-electron chi connectivity index (χ0n) is 17.0. The third-order valence-corrected chi connectivity index (χ3v) is 6.94. The summed E-state index contributed by atoms with van der Waals surface area (Å²) in [5.41, 5.74) is 7.53. The smallest absolute Gasteiger partial charge is 0.326 e. The minimum absolute atomic E-state index is 0.115. The number of nitrogens with two attached hydrogens (primary N) is 1. The largest absolute Gasteiger partial charge is 0.360 e. The first-order valence-corrected chi connectivity index (χ1v) is 12.0. The third-order valence-electron chi connectivity index (χ3n) is 4.70. The van der Waals surface area contributed by atoms with Crippen LogP contribution >= 0.6 is 11.3 Å². The lowest BCUT2D eigenvalue weighted by molar-refractivity contribution is 0.253. The Hall–Kier alpha value is -4.20. The van der Waals surface area contributed by atoms with E-state index in [4.69, 9.17) is 5.73 Å². The molecule has 0 aliphatic carbocycles. The SMILES string of the molecule is N#C/C(=C\Nc1ccc(S(=O)(=O)NC(N)=O)cc1)c1nc(-c2cccc3ccccc23)cs1. The van der Waals surface area contributed by atoms with Crippen LogP contribution in [0.4, 0.5) is 10.5 Å². The highest BCUT2D eigenvalue weighted by Gasteiger charge is 2.15. The Balaban J connectivity index is 1.55. The van der Waals surface area contributed by atoms with Gasteiger partial charge in [-0.2, -0.15) is 5.26 Å². The Kier molecular flexibility index (Phi) is 6.08. The summed E-state index contributed by atoms with van der Waals surface area (Å²) >= 11 is 1.36. The number of allylic oxidation sites excluding steroid dienone is 1. The fourth-order valence-electron chi connectivity index (χ4n) is 3.19. The van der Waals surface area contributed by atoms with Gasteiger partial charge in [0.2, 0.25) is 0 Å². The summed E-state index contributed by atoms with van der Waals surface area (Å²) in [5, 5.41) is 17.2. The molecule has 4 aromatic rings. The number of nitriles is 1. The zero-order valence-corrected chi connectivity index (χ0v) is 18.7. The number of hydrogen-bond donors (Lipinski definition) is 3. The monoisotopic (exact) mass is 475 g/mol. The van der Waals surface area contributed by atoms with Crippen LogP contribution in [0, 0.1) is 11.3 Å². The van der Waals surface area contributed by atoms with Crippen molar-refractivity contribution in [3.63, 3.8) is 0 Å². The molecule has 2 amide bonds. The first-order valence-electron chi connectivity index (χ1n) is 9.60. The second kappa shape index (κ2) is 9.12. The van der Waals surface area contributed by atoms with Crippen LogP contribution in [-0.4, -0.2) is 19.4 Å². The molecule has 1 aromatic heterocycles. The van der Waals surface area contributed by atoms with E-state index >= 15 is 0 Å². The van der Waals surface area contributed by atoms with E-state index in [2.05, 4.69) is 16.4 Å². The number of carbonyl (C=O) groups excluding carboxylic acids is 1. The number of nitrogens with zero attached hydrogens (tertiary/aromatic N) is 2. The average Bonchev–Trinajstić information content (AvgIpc) is 3.28. The minimum atomic E-state index is -4.02. The van der Waals surface area contributed by atoms with Crippen LogP contribution in [0.1, 0.15) is 5.01 Å². The third kappa shape index (κ3) is 4.85. The van der Waals surface area contributed by atoms with E-state index in [0.29, 0.717) is 16.3 Å². The standard InChI is InChI=1S/C23H17N5O3S2/c24-12-16(13-26-17-8-10-18(11-9-17)33(30,31)28-23(25)29)22-27-21(14-32-22)20-7-3-5-15-4-1-2-6-19(15)20/h1-11,13-14,26H,(H3,25,28,29)/b16-13+. The molecule has 0 spiro atoms. The quantitative estimate of drug-likeness (QED) is 0.356. The van der Waals surface area contributed by atoms with E-state index in [1.165, 1.54) is 41.8 Å². The molecule has 3 aromatic carbocycles. The van der Waals surface area contributed by atoms with Crippen LogP contribution in [0.2, 0.25) is 0 Å². The fourth-order valence-corrected chi connectivity index (χ4v) is 4.85. The van der Waals surface area contributed by atoms with Crippen molar-refractivity contribution in [3.05, 3.63) is 83.3 Å². The molecule has 0 aliphatic rings. The lowest BCUT2D eigenvalue weighted by Gasteiger charge is -2.06. The number of anilines is 1. The molecule has 0 unspecified atom stereocenters. The van der Waals surface area contributed by atoms with E-state index in [9.17, 15) is 18.5 Å². The number of carbonyl (C=O) groups is 1. The first-order chi connectivity index (χ1) is 15.9. The maximum Gasteiger partial charge on any atom is 0.326 e. The van der Waals surface area contributed by atoms with Crippen LogP contribution in [0.15, 0.2) is 83.2 Å². The fraction of sp³-hybridized carbons (Fsp3) is 0. The number of primary amides is 1. The van der Waals surface area contributed by atoms with Crippen molar-refractivity contribution in [2.75, 3.05) is 5.32 Å². The highest BCUT2D eigenvalue weighted by molar-refractivity contribution is 7.90. The van der Waals surface area contributed by atoms with Crippen LogP contribution < -0.4 is 15.8 Å². The summed E-state index contributed by atoms with van der Waals surface area (Å²) in [5.74, 6) is 0. The van der Waals surface area contributed by atoms with Crippen molar-refractivity contribution in [2.24, 2.45) is 5.73 Å². The minimum Gasteiger partial charge on any atom is -0.360 e. The summed E-state index contributed by atoms with van der Waals surface area (Å²) in [4.78, 5) is 15.4. The van der Waals surface area contributed by atoms with E-state index < -0.39 is 16.1 Å².